The number of amides is 1. The Bertz CT molecular complexity index is 786. The number of nitrogens with zero attached hydrogens (tertiary/aromatic N) is 3. The van der Waals surface area contributed by atoms with Gasteiger partial charge in [-0.3, -0.25) is 9.48 Å². The van der Waals surface area contributed by atoms with E-state index in [1.54, 1.807) is 9.58 Å². The van der Waals surface area contributed by atoms with Gasteiger partial charge >= 0.3 is 0 Å². The molecular weight excluding hydrogens is 330 g/mol. The third-order valence-corrected chi connectivity index (χ3v) is 4.89. The van der Waals surface area contributed by atoms with Gasteiger partial charge in [0, 0.05) is 12.2 Å². The number of β-amino-alcohol motifs (C(OH)–C–C–N with tert-alkyl or cyclic N) is 1. The first kappa shape index (κ1) is 18.5. The fourth-order valence-electron chi connectivity index (χ4n) is 3.44. The van der Waals surface area contributed by atoms with Gasteiger partial charge in [0.05, 0.1) is 12.2 Å². The van der Waals surface area contributed by atoms with Crippen LogP contribution in [0.25, 0.3) is 0 Å². The molecule has 1 aliphatic heterocycles. The Morgan fingerprint density at radius 3 is 2.77 bits per heavy atom. The summed E-state index contributed by atoms with van der Waals surface area (Å²) >= 11 is 0. The summed E-state index contributed by atoms with van der Waals surface area (Å²) in [5.74, 6) is 0.747. The standard InChI is InChI=1S/C20H27N3O3/c1-15-7-4-5-8-18(15)26-14-20(25)9-6-10-22(13-20)19(24)12-23-17(3)11-16(2)21-23/h4-5,7-8,11,25H,6,9-10,12-14H2,1-3H3. The molecule has 1 aliphatic rings. The average Bonchev–Trinajstić information content (AvgIpc) is 2.91. The monoisotopic (exact) mass is 357 g/mol. The normalized spacial score (nSPS) is 20.2. The van der Waals surface area contributed by atoms with Crippen molar-refractivity contribution in [2.24, 2.45) is 0 Å². The smallest absolute Gasteiger partial charge is 0.244 e. The van der Waals surface area contributed by atoms with Crippen LogP contribution in [0, 0.1) is 20.8 Å². The summed E-state index contributed by atoms with van der Waals surface area (Å²) in [6.07, 6.45) is 1.39. The lowest BCUT2D eigenvalue weighted by molar-refractivity contribution is -0.141. The van der Waals surface area contributed by atoms with Gasteiger partial charge in [0.2, 0.25) is 5.91 Å². The summed E-state index contributed by atoms with van der Waals surface area (Å²) in [5, 5.41) is 15.3. The van der Waals surface area contributed by atoms with E-state index in [1.165, 1.54) is 0 Å². The van der Waals surface area contributed by atoms with Crippen LogP contribution >= 0.6 is 0 Å². The summed E-state index contributed by atoms with van der Waals surface area (Å²) in [4.78, 5) is 14.4. The highest BCUT2D eigenvalue weighted by atomic mass is 16.5. The van der Waals surface area contributed by atoms with E-state index in [2.05, 4.69) is 5.10 Å². The van der Waals surface area contributed by atoms with E-state index in [-0.39, 0.29) is 25.6 Å². The summed E-state index contributed by atoms with van der Waals surface area (Å²) in [6, 6.07) is 9.70. The van der Waals surface area contributed by atoms with Crippen molar-refractivity contribution in [3.63, 3.8) is 0 Å². The highest BCUT2D eigenvalue weighted by molar-refractivity contribution is 5.76. The number of aryl methyl sites for hydroxylation is 3. The molecule has 0 saturated carbocycles. The Morgan fingerprint density at radius 2 is 2.08 bits per heavy atom. The zero-order valence-electron chi connectivity index (χ0n) is 15.7. The molecule has 26 heavy (non-hydrogen) atoms. The molecule has 1 atom stereocenters. The molecule has 6 heteroatoms. The maximum absolute atomic E-state index is 12.7. The number of likely N-dealkylation sites (tertiary alicyclic amines) is 1. The number of ether oxygens (including phenoxy) is 1. The van der Waals surface area contributed by atoms with Crippen LogP contribution < -0.4 is 4.74 Å². The Hall–Kier alpha value is -2.34. The number of piperidine rings is 1. The van der Waals surface area contributed by atoms with Gasteiger partial charge in [-0.05, 0) is 51.3 Å². The highest BCUT2D eigenvalue weighted by Crippen LogP contribution is 2.24. The molecule has 0 radical (unpaired) electrons. The lowest BCUT2D eigenvalue weighted by Gasteiger charge is -2.39. The topological polar surface area (TPSA) is 67.6 Å². The van der Waals surface area contributed by atoms with Gasteiger partial charge in [0.25, 0.3) is 0 Å². The molecule has 2 heterocycles. The number of aromatic nitrogens is 2. The van der Waals surface area contributed by atoms with Crippen LogP contribution in [0.15, 0.2) is 30.3 Å². The molecule has 140 valence electrons. The van der Waals surface area contributed by atoms with Crippen molar-refractivity contribution in [3.05, 3.63) is 47.3 Å². The molecule has 0 bridgehead atoms. The Balaban J connectivity index is 1.61. The molecule has 1 aromatic heterocycles. The number of benzene rings is 1. The van der Waals surface area contributed by atoms with Crippen molar-refractivity contribution in [2.45, 2.75) is 45.8 Å². The second kappa shape index (κ2) is 7.50. The van der Waals surface area contributed by atoms with Gasteiger partial charge in [-0.15, -0.1) is 0 Å². The lowest BCUT2D eigenvalue weighted by Crippen LogP contribution is -2.54. The Morgan fingerprint density at radius 1 is 1.31 bits per heavy atom. The van der Waals surface area contributed by atoms with Crippen LogP contribution in [0.3, 0.4) is 0 Å². The molecule has 6 nitrogen and oxygen atoms in total. The largest absolute Gasteiger partial charge is 0.490 e. The van der Waals surface area contributed by atoms with Crippen LogP contribution in [-0.2, 0) is 11.3 Å². The third kappa shape index (κ3) is 4.25. The predicted molar refractivity (Wildman–Crippen MR) is 99.1 cm³/mol. The number of carbonyl (C=O) groups is 1. The van der Waals surface area contributed by atoms with Crippen molar-refractivity contribution in [1.82, 2.24) is 14.7 Å². The van der Waals surface area contributed by atoms with Crippen molar-refractivity contribution in [3.8, 4) is 5.75 Å². The van der Waals surface area contributed by atoms with Gasteiger partial charge in [0.15, 0.2) is 0 Å². The van der Waals surface area contributed by atoms with Crippen LogP contribution in [0.1, 0.15) is 29.8 Å². The first-order chi connectivity index (χ1) is 12.4. The SMILES string of the molecule is Cc1cc(C)n(CC(=O)N2CCCC(O)(COc3ccccc3C)C2)n1. The molecular formula is C20H27N3O3. The second-order valence-electron chi connectivity index (χ2n) is 7.28. The maximum atomic E-state index is 12.7. The quantitative estimate of drug-likeness (QED) is 0.891. The number of hydrogen-bond acceptors (Lipinski definition) is 4. The minimum absolute atomic E-state index is 0.0229. The van der Waals surface area contributed by atoms with E-state index in [9.17, 15) is 9.90 Å². The Kier molecular flexibility index (Phi) is 5.32. The van der Waals surface area contributed by atoms with E-state index in [4.69, 9.17) is 4.74 Å². The molecule has 1 fully saturated rings. The highest BCUT2D eigenvalue weighted by Gasteiger charge is 2.36. The molecule has 0 aliphatic carbocycles. The molecule has 2 aromatic rings. The fraction of sp³-hybridized carbons (Fsp3) is 0.500. The molecule has 1 amide bonds. The van der Waals surface area contributed by atoms with Crippen molar-refractivity contribution >= 4 is 5.91 Å². The summed E-state index contributed by atoms with van der Waals surface area (Å²) in [7, 11) is 0. The van der Waals surface area contributed by atoms with Gasteiger partial charge in [-0.2, -0.15) is 5.10 Å². The van der Waals surface area contributed by atoms with Crippen molar-refractivity contribution < 1.29 is 14.6 Å². The van der Waals surface area contributed by atoms with Crippen LogP contribution in [0.4, 0.5) is 0 Å². The number of rotatable bonds is 5. The third-order valence-electron chi connectivity index (χ3n) is 4.89. The van der Waals surface area contributed by atoms with E-state index in [0.29, 0.717) is 13.0 Å². The van der Waals surface area contributed by atoms with Crippen molar-refractivity contribution in [2.75, 3.05) is 19.7 Å². The number of carbonyl (C=O) groups excluding carboxylic acids is 1. The van der Waals surface area contributed by atoms with E-state index in [0.717, 1.165) is 29.1 Å². The molecule has 1 unspecified atom stereocenters. The van der Waals surface area contributed by atoms with Crippen LogP contribution in [0.5, 0.6) is 5.75 Å². The van der Waals surface area contributed by atoms with Gasteiger partial charge in [-0.25, -0.2) is 0 Å². The number of aliphatic hydroxyl groups is 1. The maximum Gasteiger partial charge on any atom is 0.244 e. The number of para-hydroxylation sites is 1. The molecule has 1 N–H and O–H groups in total. The van der Waals surface area contributed by atoms with Gasteiger partial charge in [-0.1, -0.05) is 18.2 Å². The van der Waals surface area contributed by atoms with E-state index < -0.39 is 5.60 Å². The van der Waals surface area contributed by atoms with Crippen LogP contribution in [0.2, 0.25) is 0 Å². The van der Waals surface area contributed by atoms with Gasteiger partial charge < -0.3 is 14.7 Å². The average molecular weight is 357 g/mol. The van der Waals surface area contributed by atoms with Gasteiger partial charge in [0.1, 0.15) is 24.5 Å². The second-order valence-corrected chi connectivity index (χ2v) is 7.28. The van der Waals surface area contributed by atoms with Crippen molar-refractivity contribution in [1.29, 1.82) is 0 Å². The zero-order chi connectivity index (χ0) is 18.7. The number of hydrogen-bond donors (Lipinski definition) is 1. The molecule has 0 spiro atoms. The summed E-state index contributed by atoms with van der Waals surface area (Å²) in [5.41, 5.74) is 1.87. The minimum Gasteiger partial charge on any atom is -0.490 e. The summed E-state index contributed by atoms with van der Waals surface area (Å²) in [6.45, 7) is 7.16. The van der Waals surface area contributed by atoms with Crippen LogP contribution in [-0.4, -0.2) is 51.0 Å². The van der Waals surface area contributed by atoms with E-state index >= 15 is 0 Å². The fourth-order valence-corrected chi connectivity index (χ4v) is 3.44. The van der Waals surface area contributed by atoms with E-state index in [1.807, 2.05) is 51.1 Å². The lowest BCUT2D eigenvalue weighted by atomic mass is 9.93. The first-order valence-corrected chi connectivity index (χ1v) is 9.06. The minimum atomic E-state index is -1.02. The molecule has 1 saturated heterocycles. The molecule has 3 rings (SSSR count). The first-order valence-electron chi connectivity index (χ1n) is 9.06. The molecule has 1 aromatic carbocycles. The Labute approximate surface area is 154 Å². The summed E-state index contributed by atoms with van der Waals surface area (Å²) < 4.78 is 7.56. The predicted octanol–water partition coefficient (Wildman–Crippen LogP) is 2.24. The zero-order valence-corrected chi connectivity index (χ0v) is 15.7.